The second-order valence-electron chi connectivity index (χ2n) is 8.05. The highest BCUT2D eigenvalue weighted by Crippen LogP contribution is 2.38. The van der Waals surface area contributed by atoms with E-state index in [0.717, 1.165) is 16.6 Å². The van der Waals surface area contributed by atoms with Gasteiger partial charge in [-0.2, -0.15) is 5.10 Å². The van der Waals surface area contributed by atoms with Gasteiger partial charge >= 0.3 is 0 Å². The van der Waals surface area contributed by atoms with Crippen LogP contribution in [0.15, 0.2) is 92.9 Å². The third kappa shape index (κ3) is 4.02. The summed E-state index contributed by atoms with van der Waals surface area (Å²) < 4.78 is 19.3. The van der Waals surface area contributed by atoms with Crippen LogP contribution in [0.2, 0.25) is 0 Å². The highest BCUT2D eigenvalue weighted by molar-refractivity contribution is 8.26. The summed E-state index contributed by atoms with van der Waals surface area (Å²) in [5.74, 6) is 1.70. The van der Waals surface area contributed by atoms with Gasteiger partial charge in [-0.05, 0) is 42.5 Å². The van der Waals surface area contributed by atoms with Crippen molar-refractivity contribution in [3.05, 3.63) is 95.4 Å². The number of carbonyl (C=O) groups is 1. The van der Waals surface area contributed by atoms with Crippen molar-refractivity contribution in [1.29, 1.82) is 0 Å². The van der Waals surface area contributed by atoms with Crippen molar-refractivity contribution in [3.63, 3.8) is 0 Å². The molecule has 178 valence electrons. The van der Waals surface area contributed by atoms with Crippen LogP contribution in [-0.2, 0) is 11.3 Å². The van der Waals surface area contributed by atoms with Crippen LogP contribution in [-0.4, -0.2) is 32.0 Å². The van der Waals surface area contributed by atoms with Gasteiger partial charge in [0.05, 0.1) is 30.5 Å². The normalized spacial score (nSPS) is 14.9. The molecule has 0 N–H and O–H groups in total. The van der Waals surface area contributed by atoms with E-state index in [-0.39, 0.29) is 12.5 Å². The molecule has 0 spiro atoms. The minimum absolute atomic E-state index is 0.175. The number of carbonyl (C=O) groups excluding carboxylic acids is 1. The maximum Gasteiger partial charge on any atom is 0.266 e. The number of rotatable bonds is 6. The smallest absolute Gasteiger partial charge is 0.266 e. The predicted molar refractivity (Wildman–Crippen MR) is 143 cm³/mol. The van der Waals surface area contributed by atoms with Crippen LogP contribution in [0.4, 0.5) is 0 Å². The number of furan rings is 2. The molecule has 1 amide bonds. The molecule has 36 heavy (non-hydrogen) atoms. The van der Waals surface area contributed by atoms with Gasteiger partial charge in [0.15, 0.2) is 17.1 Å². The Balaban J connectivity index is 1.44. The summed E-state index contributed by atoms with van der Waals surface area (Å²) in [5.41, 5.74) is 2.86. The van der Waals surface area contributed by atoms with E-state index in [1.807, 2.05) is 72.9 Å². The number of benzene rings is 2. The van der Waals surface area contributed by atoms with Crippen LogP contribution in [0.25, 0.3) is 34.2 Å². The monoisotopic (exact) mass is 513 g/mol. The molecule has 1 fully saturated rings. The number of hydrogen-bond donors (Lipinski definition) is 0. The Morgan fingerprint density at radius 3 is 2.75 bits per heavy atom. The van der Waals surface area contributed by atoms with Gasteiger partial charge in [0, 0.05) is 17.1 Å². The van der Waals surface area contributed by atoms with E-state index in [1.165, 1.54) is 16.7 Å². The average Bonchev–Trinajstić information content (AvgIpc) is 3.69. The van der Waals surface area contributed by atoms with E-state index >= 15 is 0 Å². The van der Waals surface area contributed by atoms with Gasteiger partial charge in [-0.3, -0.25) is 9.69 Å². The Bertz CT molecular complexity index is 1620. The topological polar surface area (TPSA) is 73.6 Å². The van der Waals surface area contributed by atoms with E-state index in [9.17, 15) is 4.79 Å². The first-order chi connectivity index (χ1) is 17.6. The first-order valence-electron chi connectivity index (χ1n) is 11.1. The minimum atomic E-state index is -0.175. The molecule has 6 rings (SSSR count). The van der Waals surface area contributed by atoms with Crippen LogP contribution < -0.4 is 4.74 Å². The first kappa shape index (κ1) is 22.4. The van der Waals surface area contributed by atoms with Crippen LogP contribution >= 0.6 is 24.0 Å². The molecule has 3 aromatic heterocycles. The fourth-order valence-electron chi connectivity index (χ4n) is 4.05. The lowest BCUT2D eigenvalue weighted by Crippen LogP contribution is -2.27. The third-order valence-electron chi connectivity index (χ3n) is 5.78. The SMILES string of the molecule is COc1cccc2cc(-c3nn(-c4ccccc4)cc3C=C3SC(=S)N(Cc4ccco4)C3=O)oc12. The molecule has 5 aromatic rings. The lowest BCUT2D eigenvalue weighted by atomic mass is 10.1. The number of fused-ring (bicyclic) bond motifs is 1. The maximum absolute atomic E-state index is 13.2. The lowest BCUT2D eigenvalue weighted by molar-refractivity contribution is -0.122. The highest BCUT2D eigenvalue weighted by Gasteiger charge is 2.33. The largest absolute Gasteiger partial charge is 0.493 e. The van der Waals surface area contributed by atoms with Crippen molar-refractivity contribution >= 4 is 51.3 Å². The fourth-order valence-corrected chi connectivity index (χ4v) is 5.29. The molecule has 9 heteroatoms. The molecular formula is C27H19N3O4S2. The number of hydrogen-bond acceptors (Lipinski definition) is 7. The zero-order chi connectivity index (χ0) is 24.6. The van der Waals surface area contributed by atoms with Crippen molar-refractivity contribution < 1.29 is 18.4 Å². The van der Waals surface area contributed by atoms with Crippen molar-refractivity contribution in [1.82, 2.24) is 14.7 Å². The standard InChI is InChI=1S/C27H19N3O4S2/c1-32-21-11-5-7-17-13-22(34-25(17)21)24-18(15-30(28-24)19-8-3-2-4-9-19)14-23-26(31)29(27(35)36-23)16-20-10-6-12-33-20/h2-15H,16H2,1H3. The molecule has 0 bridgehead atoms. The summed E-state index contributed by atoms with van der Waals surface area (Å²) in [7, 11) is 1.61. The summed E-state index contributed by atoms with van der Waals surface area (Å²) in [4.78, 5) is 15.3. The van der Waals surface area contributed by atoms with E-state index in [4.69, 9.17) is 30.9 Å². The number of para-hydroxylation sites is 2. The van der Waals surface area contributed by atoms with Gasteiger partial charge in [-0.15, -0.1) is 0 Å². The Hall–Kier alpha value is -4.08. The van der Waals surface area contributed by atoms with Gasteiger partial charge in [0.1, 0.15) is 15.8 Å². The van der Waals surface area contributed by atoms with E-state index < -0.39 is 0 Å². The predicted octanol–water partition coefficient (Wildman–Crippen LogP) is 6.29. The summed E-state index contributed by atoms with van der Waals surface area (Å²) >= 11 is 6.75. The van der Waals surface area contributed by atoms with Crippen LogP contribution in [0.3, 0.4) is 0 Å². The molecule has 0 radical (unpaired) electrons. The van der Waals surface area contributed by atoms with Gasteiger partial charge < -0.3 is 13.6 Å². The second kappa shape index (κ2) is 9.18. The Labute approximate surface area is 215 Å². The summed E-state index contributed by atoms with van der Waals surface area (Å²) in [6.07, 6.45) is 5.27. The van der Waals surface area contributed by atoms with E-state index in [0.29, 0.717) is 37.8 Å². The number of methoxy groups -OCH3 is 1. The third-order valence-corrected chi connectivity index (χ3v) is 7.16. The molecule has 1 aliphatic rings. The molecule has 0 aliphatic carbocycles. The lowest BCUT2D eigenvalue weighted by Gasteiger charge is -2.11. The Morgan fingerprint density at radius 2 is 1.97 bits per heavy atom. The van der Waals surface area contributed by atoms with Gasteiger partial charge in [0.2, 0.25) is 0 Å². The van der Waals surface area contributed by atoms with Crippen molar-refractivity contribution in [3.8, 4) is 22.9 Å². The Kier molecular flexibility index (Phi) is 5.71. The number of thioether (sulfide) groups is 1. The average molecular weight is 514 g/mol. The Morgan fingerprint density at radius 1 is 1.11 bits per heavy atom. The zero-order valence-corrected chi connectivity index (χ0v) is 20.7. The number of thiocarbonyl (C=S) groups is 1. The van der Waals surface area contributed by atoms with Crippen molar-refractivity contribution in [2.45, 2.75) is 6.54 Å². The second-order valence-corrected chi connectivity index (χ2v) is 9.73. The zero-order valence-electron chi connectivity index (χ0n) is 19.1. The maximum atomic E-state index is 13.2. The number of nitrogens with zero attached hydrogens (tertiary/aromatic N) is 3. The molecule has 0 saturated carbocycles. The van der Waals surface area contributed by atoms with E-state index in [1.54, 1.807) is 24.1 Å². The molecular weight excluding hydrogens is 494 g/mol. The molecule has 7 nitrogen and oxygen atoms in total. The molecule has 4 heterocycles. The number of ether oxygens (including phenoxy) is 1. The van der Waals surface area contributed by atoms with Crippen LogP contribution in [0.5, 0.6) is 5.75 Å². The highest BCUT2D eigenvalue weighted by atomic mass is 32.2. The van der Waals surface area contributed by atoms with Gasteiger partial charge in [-0.25, -0.2) is 4.68 Å². The molecule has 1 saturated heterocycles. The number of aromatic nitrogens is 2. The van der Waals surface area contributed by atoms with Crippen molar-refractivity contribution in [2.75, 3.05) is 7.11 Å². The fraction of sp³-hybridized carbons (Fsp3) is 0.0741. The first-order valence-corrected chi connectivity index (χ1v) is 12.3. The van der Waals surface area contributed by atoms with E-state index in [2.05, 4.69) is 0 Å². The molecule has 1 aliphatic heterocycles. The summed E-state index contributed by atoms with van der Waals surface area (Å²) in [6, 6.07) is 21.0. The summed E-state index contributed by atoms with van der Waals surface area (Å²) in [6.45, 7) is 0.286. The van der Waals surface area contributed by atoms with Gasteiger partial charge in [0.25, 0.3) is 5.91 Å². The van der Waals surface area contributed by atoms with Crippen molar-refractivity contribution in [2.24, 2.45) is 0 Å². The molecule has 0 unspecified atom stereocenters. The number of amides is 1. The molecule has 2 aromatic carbocycles. The van der Waals surface area contributed by atoms with Gasteiger partial charge in [-0.1, -0.05) is 54.3 Å². The quantitative estimate of drug-likeness (QED) is 0.195. The van der Waals surface area contributed by atoms with Crippen LogP contribution in [0.1, 0.15) is 11.3 Å². The molecule has 0 atom stereocenters. The van der Waals surface area contributed by atoms with Crippen LogP contribution in [0, 0.1) is 0 Å². The minimum Gasteiger partial charge on any atom is -0.493 e. The summed E-state index contributed by atoms with van der Waals surface area (Å²) in [5, 5.41) is 5.72.